The van der Waals surface area contributed by atoms with Crippen molar-refractivity contribution in [3.63, 3.8) is 0 Å². The van der Waals surface area contributed by atoms with Gasteiger partial charge in [0.05, 0.1) is 0 Å². The van der Waals surface area contributed by atoms with Crippen LogP contribution in [0.15, 0.2) is 24.3 Å². The molecule has 0 amide bonds. The molecule has 2 N–H and O–H groups in total. The van der Waals surface area contributed by atoms with Crippen LogP contribution in [0, 0.1) is 5.92 Å². The molecule has 1 aromatic carbocycles. The number of anilines is 2. The van der Waals surface area contributed by atoms with Gasteiger partial charge in [-0.05, 0) is 57.1 Å². The molecule has 1 aromatic rings. The lowest BCUT2D eigenvalue weighted by atomic mass is 9.92. The number of rotatable bonds is 9. The van der Waals surface area contributed by atoms with Gasteiger partial charge in [-0.25, -0.2) is 0 Å². The molecule has 4 heteroatoms. The van der Waals surface area contributed by atoms with Gasteiger partial charge in [0.1, 0.15) is 0 Å². The Balaban J connectivity index is 0.00000288. The molecule has 1 fully saturated rings. The van der Waals surface area contributed by atoms with Gasteiger partial charge in [-0.1, -0.05) is 39.0 Å². The van der Waals surface area contributed by atoms with E-state index in [1.165, 1.54) is 63.7 Å². The van der Waals surface area contributed by atoms with Crippen molar-refractivity contribution < 1.29 is 0 Å². The highest BCUT2D eigenvalue weighted by atomic mass is 127. The van der Waals surface area contributed by atoms with Crippen molar-refractivity contribution in [3.05, 3.63) is 24.3 Å². The highest BCUT2D eigenvalue weighted by Gasteiger charge is 2.30. The molecule has 24 heavy (non-hydrogen) atoms. The second-order valence-electron chi connectivity index (χ2n) is 7.32. The Morgan fingerprint density at radius 3 is 2.42 bits per heavy atom. The van der Waals surface area contributed by atoms with E-state index in [1.54, 1.807) is 0 Å². The van der Waals surface area contributed by atoms with E-state index in [0.29, 0.717) is 0 Å². The van der Waals surface area contributed by atoms with Crippen LogP contribution in [-0.4, -0.2) is 38.1 Å². The zero-order chi connectivity index (χ0) is 16.7. The monoisotopic (exact) mass is 445 g/mol. The molecule has 1 aliphatic heterocycles. The molecule has 1 saturated heterocycles. The predicted molar refractivity (Wildman–Crippen MR) is 117 cm³/mol. The van der Waals surface area contributed by atoms with Gasteiger partial charge in [-0.15, -0.1) is 24.0 Å². The Labute approximate surface area is 166 Å². The Hall–Kier alpha value is -0.490. The molecular weight excluding hydrogens is 409 g/mol. The van der Waals surface area contributed by atoms with E-state index in [0.717, 1.165) is 17.6 Å². The summed E-state index contributed by atoms with van der Waals surface area (Å²) in [6.07, 6.45) is 9.54. The van der Waals surface area contributed by atoms with E-state index >= 15 is 0 Å². The molecule has 0 radical (unpaired) electrons. The summed E-state index contributed by atoms with van der Waals surface area (Å²) in [5.74, 6) is 0.786. The molecule has 0 aromatic heterocycles. The maximum Gasteiger partial charge on any atom is 0.0367 e. The molecule has 0 bridgehead atoms. The Morgan fingerprint density at radius 1 is 1.12 bits per heavy atom. The van der Waals surface area contributed by atoms with Crippen LogP contribution in [0.1, 0.15) is 51.9 Å². The SMILES string of the molecule is CCCCCCCC(C1CCN(c2ccc(N)cc2)C1)N(C)C.I. The molecule has 0 saturated carbocycles. The van der Waals surface area contributed by atoms with Crippen molar-refractivity contribution >= 4 is 35.4 Å². The third-order valence-electron chi connectivity index (χ3n) is 5.29. The van der Waals surface area contributed by atoms with Crippen LogP contribution in [0.5, 0.6) is 0 Å². The summed E-state index contributed by atoms with van der Waals surface area (Å²) >= 11 is 0. The van der Waals surface area contributed by atoms with Crippen molar-refractivity contribution in [3.8, 4) is 0 Å². The van der Waals surface area contributed by atoms with Crippen molar-refractivity contribution in [1.29, 1.82) is 0 Å². The van der Waals surface area contributed by atoms with Crippen LogP contribution in [0.3, 0.4) is 0 Å². The van der Waals surface area contributed by atoms with Crippen LogP contribution in [-0.2, 0) is 0 Å². The van der Waals surface area contributed by atoms with Gasteiger partial charge < -0.3 is 15.5 Å². The Morgan fingerprint density at radius 2 is 1.79 bits per heavy atom. The van der Waals surface area contributed by atoms with Gasteiger partial charge in [-0.2, -0.15) is 0 Å². The van der Waals surface area contributed by atoms with Gasteiger partial charge in [0, 0.05) is 30.5 Å². The molecule has 2 rings (SSSR count). The van der Waals surface area contributed by atoms with E-state index in [-0.39, 0.29) is 24.0 Å². The summed E-state index contributed by atoms with van der Waals surface area (Å²) in [5.41, 5.74) is 7.98. The molecule has 2 atom stereocenters. The standard InChI is InChI=1S/C20H35N3.HI/c1-4-5-6-7-8-9-20(22(2)3)17-14-15-23(16-17)19-12-10-18(21)11-13-19;/h10-13,17,20H,4-9,14-16,21H2,1-3H3;1H. The second kappa shape index (κ2) is 11.2. The van der Waals surface area contributed by atoms with Crippen LogP contribution >= 0.6 is 24.0 Å². The maximum absolute atomic E-state index is 5.80. The Bertz CT molecular complexity index is 447. The lowest BCUT2D eigenvalue weighted by Gasteiger charge is -2.30. The molecule has 1 aliphatic rings. The van der Waals surface area contributed by atoms with Gasteiger partial charge in [0.25, 0.3) is 0 Å². The van der Waals surface area contributed by atoms with E-state index in [1.807, 2.05) is 12.1 Å². The van der Waals surface area contributed by atoms with Gasteiger partial charge >= 0.3 is 0 Å². The highest BCUT2D eigenvalue weighted by molar-refractivity contribution is 14.0. The normalized spacial score (nSPS) is 18.7. The van der Waals surface area contributed by atoms with Gasteiger partial charge in [-0.3, -0.25) is 0 Å². The van der Waals surface area contributed by atoms with Crippen molar-refractivity contribution in [1.82, 2.24) is 4.90 Å². The number of halogens is 1. The maximum atomic E-state index is 5.80. The number of hydrogen-bond donors (Lipinski definition) is 1. The number of nitrogen functional groups attached to an aromatic ring is 1. The molecule has 138 valence electrons. The molecule has 1 heterocycles. The first-order chi connectivity index (χ1) is 11.1. The predicted octanol–water partition coefficient (Wildman–Crippen LogP) is 5.00. The third-order valence-corrected chi connectivity index (χ3v) is 5.29. The minimum absolute atomic E-state index is 0. The first-order valence-corrected chi connectivity index (χ1v) is 9.38. The lowest BCUT2D eigenvalue weighted by Crippen LogP contribution is -2.37. The van der Waals surface area contributed by atoms with E-state index in [2.05, 4.69) is 43.0 Å². The number of unbranched alkanes of at least 4 members (excludes halogenated alkanes) is 4. The summed E-state index contributed by atoms with van der Waals surface area (Å²) in [7, 11) is 4.51. The van der Waals surface area contributed by atoms with Crippen molar-refractivity contribution in [2.45, 2.75) is 57.9 Å². The van der Waals surface area contributed by atoms with Crippen molar-refractivity contribution in [2.75, 3.05) is 37.8 Å². The fraction of sp³-hybridized carbons (Fsp3) is 0.700. The van der Waals surface area contributed by atoms with Crippen LogP contribution in [0.25, 0.3) is 0 Å². The van der Waals surface area contributed by atoms with Crippen LogP contribution in [0.2, 0.25) is 0 Å². The summed E-state index contributed by atoms with van der Waals surface area (Å²) in [6, 6.07) is 9.07. The minimum Gasteiger partial charge on any atom is -0.399 e. The molecule has 0 aliphatic carbocycles. The van der Waals surface area contributed by atoms with Crippen LogP contribution < -0.4 is 10.6 Å². The quantitative estimate of drug-likeness (QED) is 0.330. The van der Waals surface area contributed by atoms with Gasteiger partial charge in [0.2, 0.25) is 0 Å². The number of nitrogens with two attached hydrogens (primary N) is 1. The number of nitrogens with zero attached hydrogens (tertiary/aromatic N) is 2. The summed E-state index contributed by atoms with van der Waals surface area (Å²) in [4.78, 5) is 4.98. The average molecular weight is 445 g/mol. The molecule has 3 nitrogen and oxygen atoms in total. The second-order valence-corrected chi connectivity index (χ2v) is 7.32. The van der Waals surface area contributed by atoms with E-state index in [4.69, 9.17) is 5.73 Å². The average Bonchev–Trinajstić information content (AvgIpc) is 3.00. The topological polar surface area (TPSA) is 32.5 Å². The summed E-state index contributed by atoms with van der Waals surface area (Å²) in [6.45, 7) is 4.64. The smallest absolute Gasteiger partial charge is 0.0367 e. The zero-order valence-electron chi connectivity index (χ0n) is 15.7. The first-order valence-electron chi connectivity index (χ1n) is 9.38. The molecule has 0 spiro atoms. The zero-order valence-corrected chi connectivity index (χ0v) is 18.0. The fourth-order valence-electron chi connectivity index (χ4n) is 3.89. The summed E-state index contributed by atoms with van der Waals surface area (Å²) < 4.78 is 0. The third kappa shape index (κ3) is 6.43. The first kappa shape index (κ1) is 21.6. The molecule has 2 unspecified atom stereocenters. The van der Waals surface area contributed by atoms with Crippen LogP contribution in [0.4, 0.5) is 11.4 Å². The molecular formula is C20H36IN3. The largest absolute Gasteiger partial charge is 0.399 e. The highest BCUT2D eigenvalue weighted by Crippen LogP contribution is 2.29. The van der Waals surface area contributed by atoms with Gasteiger partial charge in [0.15, 0.2) is 0 Å². The number of benzene rings is 1. The Kier molecular flexibility index (Phi) is 10.0. The van der Waals surface area contributed by atoms with Crippen molar-refractivity contribution in [2.24, 2.45) is 5.92 Å². The summed E-state index contributed by atoms with van der Waals surface area (Å²) in [5, 5.41) is 0. The fourth-order valence-corrected chi connectivity index (χ4v) is 3.89. The minimum atomic E-state index is 0. The van der Waals surface area contributed by atoms with E-state index < -0.39 is 0 Å². The lowest BCUT2D eigenvalue weighted by molar-refractivity contribution is 0.203. The number of hydrogen-bond acceptors (Lipinski definition) is 3. The van der Waals surface area contributed by atoms with E-state index in [9.17, 15) is 0 Å².